The van der Waals surface area contributed by atoms with Gasteiger partial charge in [0.25, 0.3) is 0 Å². The average Bonchev–Trinajstić information content (AvgIpc) is 3.41. The highest BCUT2D eigenvalue weighted by Gasteiger charge is 2.42. The zero-order chi connectivity index (χ0) is 25.9. The topological polar surface area (TPSA) is 104 Å². The van der Waals surface area contributed by atoms with E-state index < -0.39 is 35.9 Å². The minimum atomic E-state index is -0.738. The molecule has 1 saturated heterocycles. The van der Waals surface area contributed by atoms with Crippen molar-refractivity contribution in [1.29, 1.82) is 0 Å². The molecule has 2 unspecified atom stereocenters. The smallest absolute Gasteiger partial charge is 0.410 e. The van der Waals surface area contributed by atoms with Crippen molar-refractivity contribution < 1.29 is 28.6 Å². The second-order valence-electron chi connectivity index (χ2n) is 10.1. The molecule has 9 heteroatoms. The minimum absolute atomic E-state index is 0.117. The van der Waals surface area contributed by atoms with Crippen molar-refractivity contribution in [3.8, 4) is 0 Å². The summed E-state index contributed by atoms with van der Waals surface area (Å²) in [6.45, 7) is 5.71. The van der Waals surface area contributed by atoms with Gasteiger partial charge in [-0.1, -0.05) is 30.3 Å². The minimum Gasteiger partial charge on any atom is -0.445 e. The number of H-pyrrole nitrogens is 1. The summed E-state index contributed by atoms with van der Waals surface area (Å²) in [5.74, 6) is -0.792. The van der Waals surface area contributed by atoms with Crippen LogP contribution in [0.2, 0.25) is 0 Å². The van der Waals surface area contributed by atoms with Crippen molar-refractivity contribution in [2.24, 2.45) is 0 Å². The quantitative estimate of drug-likeness (QED) is 0.459. The van der Waals surface area contributed by atoms with Crippen LogP contribution in [-0.4, -0.2) is 58.0 Å². The Bertz CT molecular complexity index is 1210. The average molecular weight is 498 g/mol. The highest BCUT2D eigenvalue weighted by molar-refractivity contribution is 5.84. The van der Waals surface area contributed by atoms with Crippen molar-refractivity contribution in [3.63, 3.8) is 0 Å². The van der Waals surface area contributed by atoms with Gasteiger partial charge in [-0.05, 0) is 56.5 Å². The summed E-state index contributed by atoms with van der Waals surface area (Å²) < 4.78 is 24.8. The first-order valence-electron chi connectivity index (χ1n) is 12.0. The maximum atomic E-state index is 13.8. The van der Waals surface area contributed by atoms with E-state index in [1.165, 1.54) is 17.0 Å². The molecule has 3 atom stereocenters. The number of ether oxygens (including phenoxy) is 2. The number of likely N-dealkylation sites (tertiary alicyclic amines) is 1. The predicted molar refractivity (Wildman–Crippen MR) is 133 cm³/mol. The van der Waals surface area contributed by atoms with E-state index in [1.54, 1.807) is 33.0 Å². The van der Waals surface area contributed by atoms with Gasteiger partial charge < -0.3 is 29.8 Å². The lowest BCUT2D eigenvalue weighted by molar-refractivity contribution is 0.0189. The fourth-order valence-electron chi connectivity index (χ4n) is 4.60. The third-order valence-corrected chi connectivity index (χ3v) is 6.17. The zero-order valence-corrected chi connectivity index (χ0v) is 20.7. The van der Waals surface area contributed by atoms with Crippen molar-refractivity contribution in [3.05, 3.63) is 71.7 Å². The lowest BCUT2D eigenvalue weighted by Crippen LogP contribution is -2.45. The Morgan fingerprint density at radius 2 is 1.97 bits per heavy atom. The first kappa shape index (κ1) is 25.5. The Morgan fingerprint density at radius 1 is 1.22 bits per heavy atom. The van der Waals surface area contributed by atoms with Crippen molar-refractivity contribution in [2.45, 2.75) is 57.5 Å². The SMILES string of the molecule is CC(C)(C)OC(=O)N1CC(O)CC1[C@H](CNC(=O)OCc1ccccc1)c1c[nH]c2cc(F)ccc12. The van der Waals surface area contributed by atoms with Crippen LogP contribution in [0.15, 0.2) is 54.7 Å². The highest BCUT2D eigenvalue weighted by Crippen LogP contribution is 2.36. The van der Waals surface area contributed by atoms with Gasteiger partial charge in [0, 0.05) is 35.6 Å². The Kier molecular flexibility index (Phi) is 7.49. The first-order chi connectivity index (χ1) is 17.1. The van der Waals surface area contributed by atoms with Crippen LogP contribution in [0.4, 0.5) is 14.0 Å². The number of nitrogens with zero attached hydrogens (tertiary/aromatic N) is 1. The molecule has 8 nitrogen and oxygen atoms in total. The molecule has 3 N–H and O–H groups in total. The molecule has 2 amide bonds. The van der Waals surface area contributed by atoms with Crippen LogP contribution >= 0.6 is 0 Å². The van der Waals surface area contributed by atoms with E-state index in [9.17, 15) is 19.1 Å². The lowest BCUT2D eigenvalue weighted by Gasteiger charge is -2.33. The van der Waals surface area contributed by atoms with Crippen LogP contribution < -0.4 is 5.32 Å². The van der Waals surface area contributed by atoms with E-state index >= 15 is 0 Å². The monoisotopic (exact) mass is 497 g/mol. The van der Waals surface area contributed by atoms with Gasteiger partial charge in [0.2, 0.25) is 0 Å². The van der Waals surface area contributed by atoms with Crippen molar-refractivity contribution in [1.82, 2.24) is 15.2 Å². The van der Waals surface area contributed by atoms with Gasteiger partial charge in [0.15, 0.2) is 0 Å². The molecule has 3 aromatic rings. The van der Waals surface area contributed by atoms with Gasteiger partial charge in [-0.3, -0.25) is 0 Å². The Hall–Kier alpha value is -3.59. The van der Waals surface area contributed by atoms with Gasteiger partial charge in [-0.15, -0.1) is 0 Å². The molecule has 2 heterocycles. The number of rotatable bonds is 6. The molecule has 2 aromatic carbocycles. The largest absolute Gasteiger partial charge is 0.445 e. The number of β-amino-alcohol motifs (C(OH)–C–C–N with tert-alkyl or cyclic N) is 1. The van der Waals surface area contributed by atoms with Crippen molar-refractivity contribution >= 4 is 23.1 Å². The number of halogens is 1. The normalized spacial score (nSPS) is 18.8. The maximum absolute atomic E-state index is 13.8. The molecule has 1 aromatic heterocycles. The molecule has 0 spiro atoms. The van der Waals surface area contributed by atoms with E-state index in [0.717, 1.165) is 16.5 Å². The van der Waals surface area contributed by atoms with Crippen molar-refractivity contribution in [2.75, 3.05) is 13.1 Å². The van der Waals surface area contributed by atoms with Crippen LogP contribution in [0.3, 0.4) is 0 Å². The van der Waals surface area contributed by atoms with Crippen LogP contribution in [-0.2, 0) is 16.1 Å². The maximum Gasteiger partial charge on any atom is 0.410 e. The summed E-state index contributed by atoms with van der Waals surface area (Å²) in [7, 11) is 0. The third kappa shape index (κ3) is 6.15. The van der Waals surface area contributed by atoms with Gasteiger partial charge in [0.05, 0.1) is 12.6 Å². The van der Waals surface area contributed by atoms with E-state index in [-0.39, 0.29) is 25.5 Å². The molecule has 192 valence electrons. The number of fused-ring (bicyclic) bond motifs is 1. The summed E-state index contributed by atoms with van der Waals surface area (Å²) >= 11 is 0. The molecule has 0 saturated carbocycles. The zero-order valence-electron chi connectivity index (χ0n) is 20.7. The van der Waals surface area contributed by atoms with Gasteiger partial charge in [-0.25, -0.2) is 14.0 Å². The summed E-state index contributed by atoms with van der Waals surface area (Å²) in [4.78, 5) is 30.1. The lowest BCUT2D eigenvalue weighted by atomic mass is 9.89. The van der Waals surface area contributed by atoms with Gasteiger partial charge in [-0.2, -0.15) is 0 Å². The fourth-order valence-corrected chi connectivity index (χ4v) is 4.60. The second kappa shape index (κ2) is 10.6. The standard InChI is InChI=1S/C27H32FN3O5/c1-27(2,3)36-26(34)31-15-19(32)12-24(31)22(21-13-29-23-11-18(28)9-10-20(21)23)14-30-25(33)35-16-17-7-5-4-6-8-17/h4-11,13,19,22,24,29,32H,12,14-16H2,1-3H3,(H,30,33)/t19?,22-,24?/m1/s1. The molecular weight excluding hydrogens is 465 g/mol. The number of nitrogens with one attached hydrogen (secondary N) is 2. The van der Waals surface area contributed by atoms with E-state index in [0.29, 0.717) is 11.9 Å². The molecule has 1 aliphatic rings. The number of aromatic amines is 1. The van der Waals surface area contributed by atoms with Crippen LogP contribution in [0.5, 0.6) is 0 Å². The second-order valence-corrected chi connectivity index (χ2v) is 10.1. The van der Waals surface area contributed by atoms with Crippen LogP contribution in [0.1, 0.15) is 44.2 Å². The summed E-state index contributed by atoms with van der Waals surface area (Å²) in [5, 5.41) is 14.1. The number of hydrogen-bond donors (Lipinski definition) is 3. The van der Waals surface area contributed by atoms with E-state index in [4.69, 9.17) is 9.47 Å². The number of amides is 2. The van der Waals surface area contributed by atoms with Crippen LogP contribution in [0, 0.1) is 5.82 Å². The van der Waals surface area contributed by atoms with Crippen LogP contribution in [0.25, 0.3) is 10.9 Å². The Labute approximate surface area is 209 Å². The van der Waals surface area contributed by atoms with E-state index in [2.05, 4.69) is 10.3 Å². The Morgan fingerprint density at radius 3 is 2.69 bits per heavy atom. The number of hydrogen-bond acceptors (Lipinski definition) is 5. The number of aromatic nitrogens is 1. The molecular formula is C27H32FN3O5. The van der Waals surface area contributed by atoms with Gasteiger partial charge in [0.1, 0.15) is 18.0 Å². The molecule has 4 rings (SSSR count). The number of aliphatic hydroxyl groups excluding tert-OH is 1. The molecule has 36 heavy (non-hydrogen) atoms. The number of aliphatic hydroxyl groups is 1. The highest BCUT2D eigenvalue weighted by atomic mass is 19.1. The number of benzene rings is 2. The molecule has 0 radical (unpaired) electrons. The summed E-state index contributed by atoms with van der Waals surface area (Å²) in [6.07, 6.45) is 0.184. The molecule has 1 aliphatic heterocycles. The summed E-state index contributed by atoms with van der Waals surface area (Å²) in [6, 6.07) is 13.3. The van der Waals surface area contributed by atoms with Gasteiger partial charge >= 0.3 is 12.2 Å². The predicted octanol–water partition coefficient (Wildman–Crippen LogP) is 4.69. The fraction of sp³-hybridized carbons (Fsp3) is 0.407. The molecule has 0 bridgehead atoms. The molecule has 1 fully saturated rings. The summed E-state index contributed by atoms with van der Waals surface area (Å²) in [5.41, 5.74) is 1.55. The number of alkyl carbamates (subject to hydrolysis) is 1. The number of carbonyl (C=O) groups is 2. The number of carbonyl (C=O) groups excluding carboxylic acids is 2. The third-order valence-electron chi connectivity index (χ3n) is 6.17. The van der Waals surface area contributed by atoms with E-state index in [1.807, 2.05) is 30.3 Å². The Balaban J connectivity index is 1.57. The first-order valence-corrected chi connectivity index (χ1v) is 12.0. The molecule has 0 aliphatic carbocycles.